The number of aryl methyl sites for hydroxylation is 1. The Morgan fingerprint density at radius 2 is 1.93 bits per heavy atom. The van der Waals surface area contributed by atoms with Gasteiger partial charge >= 0.3 is 6.18 Å². The van der Waals surface area contributed by atoms with Gasteiger partial charge in [0.15, 0.2) is 11.1 Å². The molecule has 1 N–H and O–H groups in total. The summed E-state index contributed by atoms with van der Waals surface area (Å²) in [4.78, 5) is -0.208. The maximum absolute atomic E-state index is 12.2. The van der Waals surface area contributed by atoms with Gasteiger partial charge in [0.2, 0.25) is 0 Å². The van der Waals surface area contributed by atoms with Crippen molar-refractivity contribution in [2.75, 3.05) is 0 Å². The molecule has 0 spiro atoms. The van der Waals surface area contributed by atoms with E-state index in [4.69, 9.17) is 4.55 Å². The Morgan fingerprint density at radius 1 is 1.36 bits per heavy atom. The molecule has 78 valence electrons. The fraction of sp³-hybridized carbons (Fsp3) is 0.250. The van der Waals surface area contributed by atoms with Crippen LogP contribution in [0.15, 0.2) is 23.1 Å². The van der Waals surface area contributed by atoms with E-state index in [1.807, 2.05) is 0 Å². The van der Waals surface area contributed by atoms with Crippen LogP contribution in [0.2, 0.25) is 0 Å². The van der Waals surface area contributed by atoms with Crippen molar-refractivity contribution < 1.29 is 21.9 Å². The summed E-state index contributed by atoms with van der Waals surface area (Å²) in [5.74, 6) is 0. The van der Waals surface area contributed by atoms with Crippen molar-refractivity contribution in [3.8, 4) is 0 Å². The summed E-state index contributed by atoms with van der Waals surface area (Å²) in [6.07, 6.45) is -4.48. The summed E-state index contributed by atoms with van der Waals surface area (Å²) in [6, 6.07) is 2.74. The van der Waals surface area contributed by atoms with E-state index >= 15 is 0 Å². The molecule has 1 rings (SSSR count). The lowest BCUT2D eigenvalue weighted by atomic mass is 10.1. The summed E-state index contributed by atoms with van der Waals surface area (Å²) in [7, 11) is 0. The predicted molar refractivity (Wildman–Crippen MR) is 45.2 cm³/mol. The van der Waals surface area contributed by atoms with Crippen molar-refractivity contribution in [2.24, 2.45) is 0 Å². The zero-order chi connectivity index (χ0) is 10.9. The molecule has 0 bridgehead atoms. The number of rotatable bonds is 1. The van der Waals surface area contributed by atoms with Gasteiger partial charge in [0.1, 0.15) is 0 Å². The Labute approximate surface area is 81.0 Å². The first-order valence-corrected chi connectivity index (χ1v) is 4.72. The number of halogens is 3. The molecule has 14 heavy (non-hydrogen) atoms. The van der Waals surface area contributed by atoms with Crippen LogP contribution in [-0.2, 0) is 17.3 Å². The minimum absolute atomic E-state index is 0.208. The third-order valence-corrected chi connectivity index (χ3v) is 2.52. The lowest BCUT2D eigenvalue weighted by Crippen LogP contribution is -2.06. The van der Waals surface area contributed by atoms with E-state index in [9.17, 15) is 17.4 Å². The summed E-state index contributed by atoms with van der Waals surface area (Å²) >= 11 is -2.39. The van der Waals surface area contributed by atoms with Crippen molar-refractivity contribution in [3.05, 3.63) is 29.3 Å². The molecule has 0 amide bonds. The van der Waals surface area contributed by atoms with Gasteiger partial charge in [-0.1, -0.05) is 6.07 Å². The van der Waals surface area contributed by atoms with E-state index in [0.717, 1.165) is 6.07 Å². The van der Waals surface area contributed by atoms with Crippen LogP contribution in [0.25, 0.3) is 0 Å². The molecule has 0 saturated carbocycles. The molecule has 1 aromatic carbocycles. The van der Waals surface area contributed by atoms with Crippen molar-refractivity contribution in [1.82, 2.24) is 0 Å². The highest BCUT2D eigenvalue weighted by Crippen LogP contribution is 2.31. The molecule has 0 radical (unpaired) electrons. The van der Waals surface area contributed by atoms with Crippen molar-refractivity contribution >= 4 is 11.1 Å². The molecule has 1 aromatic rings. The van der Waals surface area contributed by atoms with Gasteiger partial charge in [0.25, 0.3) is 0 Å². The van der Waals surface area contributed by atoms with Crippen LogP contribution in [0.1, 0.15) is 11.1 Å². The van der Waals surface area contributed by atoms with Crippen LogP contribution in [0, 0.1) is 6.92 Å². The minimum atomic E-state index is -4.48. The summed E-state index contributed by atoms with van der Waals surface area (Å²) in [6.45, 7) is 1.48. The molecule has 6 heteroatoms. The van der Waals surface area contributed by atoms with Gasteiger partial charge < -0.3 is 4.55 Å². The topological polar surface area (TPSA) is 37.3 Å². The molecule has 1 atom stereocenters. The van der Waals surface area contributed by atoms with Gasteiger partial charge in [0.05, 0.1) is 10.5 Å². The predicted octanol–water partition coefficient (Wildman–Crippen LogP) is 2.59. The molecule has 0 aliphatic carbocycles. The molecule has 0 saturated heterocycles. The third kappa shape index (κ3) is 2.33. The first-order valence-electron chi connectivity index (χ1n) is 3.61. The van der Waals surface area contributed by atoms with Gasteiger partial charge in [-0.2, -0.15) is 13.2 Å². The van der Waals surface area contributed by atoms with Gasteiger partial charge in [-0.05, 0) is 24.6 Å². The Morgan fingerprint density at radius 3 is 2.36 bits per heavy atom. The third-order valence-electron chi connectivity index (χ3n) is 1.70. The highest BCUT2D eigenvalue weighted by atomic mass is 32.2. The largest absolute Gasteiger partial charge is 0.416 e. The monoisotopic (exact) mass is 224 g/mol. The van der Waals surface area contributed by atoms with Crippen LogP contribution in [0.5, 0.6) is 0 Å². The fourth-order valence-corrected chi connectivity index (χ4v) is 1.54. The first-order chi connectivity index (χ1) is 6.32. The lowest BCUT2D eigenvalue weighted by Gasteiger charge is -2.08. The maximum Gasteiger partial charge on any atom is 0.416 e. The van der Waals surface area contributed by atoms with E-state index in [2.05, 4.69) is 0 Å². The number of benzene rings is 1. The average molecular weight is 224 g/mol. The van der Waals surface area contributed by atoms with E-state index in [1.54, 1.807) is 0 Å². The van der Waals surface area contributed by atoms with Crippen LogP contribution >= 0.6 is 0 Å². The second kappa shape index (κ2) is 3.70. The molecule has 0 aromatic heterocycles. The van der Waals surface area contributed by atoms with Gasteiger partial charge in [-0.3, -0.25) is 0 Å². The summed E-state index contributed by atoms with van der Waals surface area (Å²) < 4.78 is 55.9. The number of alkyl halides is 3. The SMILES string of the molecule is Cc1ccc(C(F)(F)F)cc1S(=O)O. The molecule has 0 heterocycles. The second-order valence-corrected chi connectivity index (χ2v) is 3.67. The van der Waals surface area contributed by atoms with Crippen LogP contribution < -0.4 is 0 Å². The van der Waals surface area contributed by atoms with Crippen LogP contribution in [0.3, 0.4) is 0 Å². The Kier molecular flexibility index (Phi) is 2.96. The molecular formula is C8H7F3O2S. The normalized spacial score (nSPS) is 14.1. The van der Waals surface area contributed by atoms with Crippen LogP contribution in [-0.4, -0.2) is 8.76 Å². The average Bonchev–Trinajstić information content (AvgIpc) is 2.02. The highest BCUT2D eigenvalue weighted by molar-refractivity contribution is 7.79. The zero-order valence-electron chi connectivity index (χ0n) is 7.13. The summed E-state index contributed by atoms with van der Waals surface area (Å²) in [5.41, 5.74) is -0.556. The van der Waals surface area contributed by atoms with Crippen LogP contribution in [0.4, 0.5) is 13.2 Å². The van der Waals surface area contributed by atoms with E-state index in [0.29, 0.717) is 11.6 Å². The van der Waals surface area contributed by atoms with Gasteiger partial charge in [-0.15, -0.1) is 0 Å². The smallest absolute Gasteiger partial charge is 0.302 e. The second-order valence-electron chi connectivity index (χ2n) is 2.73. The lowest BCUT2D eigenvalue weighted by molar-refractivity contribution is -0.137. The first kappa shape index (κ1) is 11.2. The number of hydrogen-bond acceptors (Lipinski definition) is 1. The molecule has 1 unspecified atom stereocenters. The van der Waals surface area contributed by atoms with E-state index < -0.39 is 22.8 Å². The Hall–Kier alpha value is -0.880. The molecule has 0 aliphatic heterocycles. The standard InChI is InChI=1S/C8H7F3O2S/c1-5-2-3-6(8(9,10)11)4-7(5)14(12)13/h2-4H,1H3,(H,12,13). The molecular weight excluding hydrogens is 217 g/mol. The zero-order valence-corrected chi connectivity index (χ0v) is 7.95. The maximum atomic E-state index is 12.2. The van der Waals surface area contributed by atoms with Gasteiger partial charge in [0, 0.05) is 0 Å². The van der Waals surface area contributed by atoms with E-state index in [-0.39, 0.29) is 4.90 Å². The van der Waals surface area contributed by atoms with Crippen molar-refractivity contribution in [1.29, 1.82) is 0 Å². The highest BCUT2D eigenvalue weighted by Gasteiger charge is 2.31. The number of hydrogen-bond donors (Lipinski definition) is 1. The van der Waals surface area contributed by atoms with Crippen molar-refractivity contribution in [2.45, 2.75) is 18.0 Å². The minimum Gasteiger partial charge on any atom is -0.302 e. The Balaban J connectivity index is 3.27. The summed E-state index contributed by atoms with van der Waals surface area (Å²) in [5, 5.41) is 0. The quantitative estimate of drug-likeness (QED) is 0.744. The van der Waals surface area contributed by atoms with E-state index in [1.165, 1.54) is 13.0 Å². The Bertz CT molecular complexity index is 373. The molecule has 0 aliphatic rings. The molecule has 2 nitrogen and oxygen atoms in total. The fourth-order valence-electron chi connectivity index (χ4n) is 0.965. The van der Waals surface area contributed by atoms with Gasteiger partial charge in [-0.25, -0.2) is 4.21 Å². The molecule has 0 fully saturated rings. The van der Waals surface area contributed by atoms with Crippen molar-refractivity contribution in [3.63, 3.8) is 0 Å².